The average molecular weight is 437 g/mol. The van der Waals surface area contributed by atoms with Crippen molar-refractivity contribution in [3.63, 3.8) is 0 Å². The summed E-state index contributed by atoms with van der Waals surface area (Å²) in [5, 5.41) is 2.66. The van der Waals surface area contributed by atoms with Crippen molar-refractivity contribution in [3.8, 4) is 5.75 Å². The van der Waals surface area contributed by atoms with Crippen LogP contribution < -0.4 is 10.1 Å². The predicted molar refractivity (Wildman–Crippen MR) is 117 cm³/mol. The van der Waals surface area contributed by atoms with Gasteiger partial charge in [0.05, 0.1) is 26.7 Å². The molecule has 8 heteroatoms. The van der Waals surface area contributed by atoms with E-state index in [2.05, 4.69) is 5.32 Å². The molecule has 2 aromatic rings. The summed E-state index contributed by atoms with van der Waals surface area (Å²) in [7, 11) is 1.60. The summed E-state index contributed by atoms with van der Waals surface area (Å²) in [6, 6.07) is 16.0. The molecule has 32 heavy (non-hydrogen) atoms. The molecule has 2 aliphatic rings. The number of nitrogens with one attached hydrogen (secondary N) is 1. The largest absolute Gasteiger partial charge is 0.497 e. The lowest BCUT2D eigenvalue weighted by molar-refractivity contribution is -0.141. The van der Waals surface area contributed by atoms with E-state index in [1.807, 2.05) is 54.6 Å². The third-order valence-electron chi connectivity index (χ3n) is 5.86. The molecule has 4 rings (SSSR count). The quantitative estimate of drug-likeness (QED) is 0.671. The molecule has 0 spiro atoms. The van der Waals surface area contributed by atoms with Gasteiger partial charge in [-0.05, 0) is 29.7 Å². The Balaban J connectivity index is 1.31. The first-order chi connectivity index (χ1) is 15.5. The minimum absolute atomic E-state index is 0.0505. The lowest BCUT2D eigenvalue weighted by atomic mass is 10.1. The Morgan fingerprint density at radius 2 is 1.88 bits per heavy atom. The lowest BCUT2D eigenvalue weighted by Gasteiger charge is -2.33. The van der Waals surface area contributed by atoms with Crippen LogP contribution in [0.1, 0.15) is 23.7 Å². The first-order valence-electron chi connectivity index (χ1n) is 10.7. The summed E-state index contributed by atoms with van der Waals surface area (Å²) in [5.41, 5.74) is 2.01. The highest BCUT2D eigenvalue weighted by Gasteiger charge is 2.40. The van der Waals surface area contributed by atoms with Crippen molar-refractivity contribution in [2.45, 2.75) is 25.0 Å². The van der Waals surface area contributed by atoms with Gasteiger partial charge in [-0.15, -0.1) is 0 Å². The SMILES string of the molecule is COc1ccc(CCN2C(=O)NC(CC(=O)N3CCOC(c4ccccc4)C3)C2=O)cc1. The molecule has 168 valence electrons. The van der Waals surface area contributed by atoms with Crippen LogP contribution in [0.2, 0.25) is 0 Å². The lowest BCUT2D eigenvalue weighted by Crippen LogP contribution is -2.45. The highest BCUT2D eigenvalue weighted by atomic mass is 16.5. The second-order valence-corrected chi connectivity index (χ2v) is 7.90. The van der Waals surface area contributed by atoms with E-state index in [-0.39, 0.29) is 30.9 Å². The predicted octanol–water partition coefficient (Wildman–Crippen LogP) is 2.15. The number of methoxy groups -OCH3 is 1. The smallest absolute Gasteiger partial charge is 0.324 e. The van der Waals surface area contributed by atoms with Gasteiger partial charge in [0.1, 0.15) is 17.9 Å². The molecule has 0 bridgehead atoms. The number of rotatable bonds is 7. The van der Waals surface area contributed by atoms with Crippen LogP contribution >= 0.6 is 0 Å². The van der Waals surface area contributed by atoms with Gasteiger partial charge in [-0.3, -0.25) is 14.5 Å². The Bertz CT molecular complexity index is 963. The van der Waals surface area contributed by atoms with Crippen molar-refractivity contribution in [2.75, 3.05) is 33.4 Å². The van der Waals surface area contributed by atoms with Crippen LogP contribution in [0.4, 0.5) is 4.79 Å². The van der Waals surface area contributed by atoms with Crippen LogP contribution in [0, 0.1) is 0 Å². The molecular weight excluding hydrogens is 410 g/mol. The minimum Gasteiger partial charge on any atom is -0.497 e. The number of urea groups is 1. The Morgan fingerprint density at radius 3 is 2.59 bits per heavy atom. The maximum Gasteiger partial charge on any atom is 0.324 e. The molecule has 8 nitrogen and oxygen atoms in total. The van der Waals surface area contributed by atoms with Crippen molar-refractivity contribution in [1.82, 2.24) is 15.1 Å². The molecule has 0 aromatic heterocycles. The molecule has 2 fully saturated rings. The average Bonchev–Trinajstić information content (AvgIpc) is 3.10. The van der Waals surface area contributed by atoms with Gasteiger partial charge in [-0.25, -0.2) is 4.79 Å². The maximum absolute atomic E-state index is 12.9. The van der Waals surface area contributed by atoms with Gasteiger partial charge in [-0.2, -0.15) is 0 Å². The number of hydrogen-bond acceptors (Lipinski definition) is 5. The highest BCUT2D eigenvalue weighted by molar-refractivity contribution is 6.05. The van der Waals surface area contributed by atoms with E-state index in [9.17, 15) is 14.4 Å². The van der Waals surface area contributed by atoms with Gasteiger partial charge < -0.3 is 19.7 Å². The molecule has 2 heterocycles. The summed E-state index contributed by atoms with van der Waals surface area (Å²) in [4.78, 5) is 40.9. The third kappa shape index (κ3) is 4.91. The molecular formula is C24H27N3O5. The van der Waals surface area contributed by atoms with Gasteiger partial charge >= 0.3 is 6.03 Å². The number of benzene rings is 2. The van der Waals surface area contributed by atoms with E-state index < -0.39 is 12.1 Å². The molecule has 4 amide bonds. The van der Waals surface area contributed by atoms with Crippen LogP contribution in [-0.4, -0.2) is 67.0 Å². The molecule has 2 aromatic carbocycles. The Hall–Kier alpha value is -3.39. The number of carbonyl (C=O) groups excluding carboxylic acids is 3. The van der Waals surface area contributed by atoms with Crippen LogP contribution in [-0.2, 0) is 20.7 Å². The fraction of sp³-hybridized carbons (Fsp3) is 0.375. The van der Waals surface area contributed by atoms with Crippen LogP contribution in [0.15, 0.2) is 54.6 Å². The molecule has 1 N–H and O–H groups in total. The van der Waals surface area contributed by atoms with Crippen molar-refractivity contribution < 1.29 is 23.9 Å². The second kappa shape index (κ2) is 9.82. The number of hydrogen-bond donors (Lipinski definition) is 1. The van der Waals surface area contributed by atoms with Gasteiger partial charge in [0, 0.05) is 13.1 Å². The normalized spacial score (nSPS) is 20.9. The zero-order valence-corrected chi connectivity index (χ0v) is 18.0. The summed E-state index contributed by atoms with van der Waals surface area (Å²) in [5.74, 6) is 0.231. The number of amides is 4. The fourth-order valence-corrected chi connectivity index (χ4v) is 4.01. The van der Waals surface area contributed by atoms with Crippen molar-refractivity contribution in [1.29, 1.82) is 0 Å². The van der Waals surface area contributed by atoms with E-state index in [1.165, 1.54) is 4.90 Å². The zero-order chi connectivity index (χ0) is 22.5. The van der Waals surface area contributed by atoms with E-state index >= 15 is 0 Å². The minimum atomic E-state index is -0.830. The van der Waals surface area contributed by atoms with Crippen molar-refractivity contribution >= 4 is 17.8 Å². The molecule has 0 radical (unpaired) electrons. The Labute approximate surface area is 187 Å². The zero-order valence-electron chi connectivity index (χ0n) is 18.0. The van der Waals surface area contributed by atoms with Gasteiger partial charge in [-0.1, -0.05) is 42.5 Å². The first-order valence-corrected chi connectivity index (χ1v) is 10.7. The molecule has 2 saturated heterocycles. The van der Waals surface area contributed by atoms with Crippen LogP contribution in [0.25, 0.3) is 0 Å². The maximum atomic E-state index is 12.9. The van der Waals surface area contributed by atoms with Crippen molar-refractivity contribution in [2.24, 2.45) is 0 Å². The van der Waals surface area contributed by atoms with Gasteiger partial charge in [0.2, 0.25) is 5.91 Å². The van der Waals surface area contributed by atoms with E-state index in [4.69, 9.17) is 9.47 Å². The fourth-order valence-electron chi connectivity index (χ4n) is 4.01. The molecule has 2 unspecified atom stereocenters. The molecule has 0 saturated carbocycles. The standard InChI is InChI=1S/C24H27N3O5/c1-31-19-9-7-17(8-10-19)11-12-27-23(29)20(25-24(27)30)15-22(28)26-13-14-32-21(16-26)18-5-3-2-4-6-18/h2-10,20-21H,11-16H2,1H3,(H,25,30). The van der Waals surface area contributed by atoms with Crippen molar-refractivity contribution in [3.05, 3.63) is 65.7 Å². The highest BCUT2D eigenvalue weighted by Crippen LogP contribution is 2.23. The van der Waals surface area contributed by atoms with E-state index in [0.29, 0.717) is 26.1 Å². The molecule has 2 atom stereocenters. The molecule has 2 aliphatic heterocycles. The third-order valence-corrected chi connectivity index (χ3v) is 5.86. The van der Waals surface area contributed by atoms with Gasteiger partial charge in [0.25, 0.3) is 5.91 Å². The summed E-state index contributed by atoms with van der Waals surface area (Å²) >= 11 is 0. The summed E-state index contributed by atoms with van der Waals surface area (Å²) < 4.78 is 11.0. The monoisotopic (exact) mass is 437 g/mol. The number of nitrogens with zero attached hydrogens (tertiary/aromatic N) is 2. The number of carbonyl (C=O) groups is 3. The Kier molecular flexibility index (Phi) is 6.70. The first kappa shape index (κ1) is 21.8. The van der Waals surface area contributed by atoms with E-state index in [0.717, 1.165) is 16.9 Å². The number of imide groups is 1. The number of morpholine rings is 1. The topological polar surface area (TPSA) is 88.2 Å². The van der Waals surface area contributed by atoms with Crippen LogP contribution in [0.5, 0.6) is 5.75 Å². The van der Waals surface area contributed by atoms with Crippen LogP contribution in [0.3, 0.4) is 0 Å². The second-order valence-electron chi connectivity index (χ2n) is 7.90. The number of ether oxygens (including phenoxy) is 2. The van der Waals surface area contributed by atoms with Gasteiger partial charge in [0.15, 0.2) is 0 Å². The Morgan fingerprint density at radius 1 is 1.12 bits per heavy atom. The summed E-state index contributed by atoms with van der Waals surface area (Å²) in [6.45, 7) is 1.59. The molecule has 0 aliphatic carbocycles. The summed E-state index contributed by atoms with van der Waals surface area (Å²) in [6.07, 6.45) is 0.292. The van der Waals surface area contributed by atoms with E-state index in [1.54, 1.807) is 12.0 Å².